The van der Waals surface area contributed by atoms with Gasteiger partial charge in [0.15, 0.2) is 12.2 Å². The summed E-state index contributed by atoms with van der Waals surface area (Å²) in [6.45, 7) is 0. The Kier molecular flexibility index (Phi) is 2.43. The van der Waals surface area contributed by atoms with Gasteiger partial charge < -0.3 is 14.8 Å². The van der Waals surface area contributed by atoms with Gasteiger partial charge in [0.25, 0.3) is 0 Å². The molecule has 0 fully saturated rings. The number of aryl methyl sites for hydroxylation is 1. The number of nitrogens with zero attached hydrogens (tertiary/aromatic N) is 3. The zero-order valence-corrected chi connectivity index (χ0v) is 6.55. The molecule has 0 aliphatic carbocycles. The van der Waals surface area contributed by atoms with Crippen LogP contribution in [0.4, 0.5) is 0 Å². The van der Waals surface area contributed by atoms with E-state index in [2.05, 4.69) is 4.98 Å². The van der Waals surface area contributed by atoms with Gasteiger partial charge >= 0.3 is 0 Å². The first-order chi connectivity index (χ1) is 5.66. The Morgan fingerprint density at radius 1 is 1.67 bits per heavy atom. The molecule has 0 aromatic carbocycles. The normalized spacial score (nSPS) is 15.2. The molecule has 0 spiro atoms. The van der Waals surface area contributed by atoms with Crippen LogP contribution < -0.4 is 0 Å². The number of aliphatic hydroxyl groups excluding tert-OH is 2. The summed E-state index contributed by atoms with van der Waals surface area (Å²) in [5.41, 5.74) is 0. The van der Waals surface area contributed by atoms with E-state index in [-0.39, 0.29) is 5.82 Å². The molecule has 0 saturated heterocycles. The van der Waals surface area contributed by atoms with Crippen LogP contribution in [0.2, 0.25) is 0 Å². The molecule has 0 amide bonds. The van der Waals surface area contributed by atoms with Gasteiger partial charge in [-0.3, -0.25) is 0 Å². The fraction of sp³-hybridized carbons (Fsp3) is 0.429. The first kappa shape index (κ1) is 8.71. The van der Waals surface area contributed by atoms with Crippen molar-refractivity contribution in [1.29, 1.82) is 5.26 Å². The van der Waals surface area contributed by atoms with Gasteiger partial charge in [-0.15, -0.1) is 0 Å². The highest BCUT2D eigenvalue weighted by Gasteiger charge is 2.20. The van der Waals surface area contributed by atoms with E-state index in [1.807, 2.05) is 0 Å². The van der Waals surface area contributed by atoms with E-state index in [0.29, 0.717) is 0 Å². The summed E-state index contributed by atoms with van der Waals surface area (Å²) >= 11 is 0. The second-order valence-corrected chi connectivity index (χ2v) is 2.42. The molecule has 0 saturated carbocycles. The van der Waals surface area contributed by atoms with E-state index in [4.69, 9.17) is 10.4 Å². The summed E-state index contributed by atoms with van der Waals surface area (Å²) in [6, 6.07) is 1.53. The van der Waals surface area contributed by atoms with Crippen molar-refractivity contribution in [2.24, 2.45) is 7.05 Å². The van der Waals surface area contributed by atoms with Gasteiger partial charge in [-0.2, -0.15) is 5.26 Å². The maximum atomic E-state index is 9.30. The highest BCUT2D eigenvalue weighted by Crippen LogP contribution is 2.12. The van der Waals surface area contributed by atoms with Gasteiger partial charge in [-0.1, -0.05) is 0 Å². The largest absolute Gasteiger partial charge is 0.381 e. The lowest BCUT2D eigenvalue weighted by Gasteiger charge is -2.10. The van der Waals surface area contributed by atoms with Crippen LogP contribution in [0.1, 0.15) is 11.9 Å². The second-order valence-electron chi connectivity index (χ2n) is 2.42. The Bertz CT molecular complexity index is 302. The Hall–Kier alpha value is -1.38. The van der Waals surface area contributed by atoms with E-state index < -0.39 is 12.2 Å². The van der Waals surface area contributed by atoms with Crippen LogP contribution in [0.5, 0.6) is 0 Å². The third kappa shape index (κ3) is 1.44. The van der Waals surface area contributed by atoms with E-state index in [0.717, 1.165) is 0 Å². The van der Waals surface area contributed by atoms with Crippen molar-refractivity contribution >= 4 is 0 Å². The van der Waals surface area contributed by atoms with Crippen molar-refractivity contribution in [2.45, 2.75) is 12.2 Å². The van der Waals surface area contributed by atoms with Crippen LogP contribution in [0.3, 0.4) is 0 Å². The molecule has 2 atom stereocenters. The van der Waals surface area contributed by atoms with Gasteiger partial charge in [0.05, 0.1) is 6.07 Å². The smallest absolute Gasteiger partial charge is 0.173 e. The van der Waals surface area contributed by atoms with Crippen molar-refractivity contribution in [3.63, 3.8) is 0 Å². The van der Waals surface area contributed by atoms with Crippen LogP contribution in [0, 0.1) is 11.3 Å². The van der Waals surface area contributed by atoms with Crippen molar-refractivity contribution in [2.75, 3.05) is 0 Å². The van der Waals surface area contributed by atoms with Gasteiger partial charge in [0, 0.05) is 19.4 Å². The molecular formula is C7H9N3O2. The zero-order valence-electron chi connectivity index (χ0n) is 6.55. The molecule has 2 unspecified atom stereocenters. The van der Waals surface area contributed by atoms with Crippen molar-refractivity contribution in [3.8, 4) is 6.07 Å². The number of imidazole rings is 1. The van der Waals surface area contributed by atoms with Crippen LogP contribution in [-0.2, 0) is 7.05 Å². The molecule has 1 rings (SSSR count). The lowest BCUT2D eigenvalue weighted by atomic mass is 10.2. The van der Waals surface area contributed by atoms with Gasteiger partial charge in [-0.05, 0) is 0 Å². The number of aliphatic hydroxyl groups is 2. The minimum absolute atomic E-state index is 0.282. The molecule has 0 bridgehead atoms. The molecule has 1 aromatic rings. The topological polar surface area (TPSA) is 82.1 Å². The standard InChI is InChI=1S/C7H9N3O2/c1-10-3-2-9-7(10)6(12)5(11)4-8/h2-3,5-6,11-12H,1H3. The summed E-state index contributed by atoms with van der Waals surface area (Å²) < 4.78 is 1.55. The highest BCUT2D eigenvalue weighted by atomic mass is 16.3. The third-order valence-electron chi connectivity index (χ3n) is 1.55. The molecule has 5 nitrogen and oxygen atoms in total. The molecule has 12 heavy (non-hydrogen) atoms. The van der Waals surface area contributed by atoms with Gasteiger partial charge in [-0.25, -0.2) is 4.98 Å². The molecular weight excluding hydrogens is 158 g/mol. The molecule has 1 heterocycles. The SMILES string of the molecule is Cn1ccnc1C(O)C(O)C#N. The van der Waals surface area contributed by atoms with Crippen molar-refractivity contribution < 1.29 is 10.2 Å². The number of rotatable bonds is 2. The van der Waals surface area contributed by atoms with Gasteiger partial charge in [0.2, 0.25) is 0 Å². The molecule has 0 radical (unpaired) electrons. The average molecular weight is 167 g/mol. The first-order valence-electron chi connectivity index (χ1n) is 3.39. The lowest BCUT2D eigenvalue weighted by molar-refractivity contribution is 0.0449. The van der Waals surface area contributed by atoms with Crippen LogP contribution in [0.25, 0.3) is 0 Å². The van der Waals surface area contributed by atoms with Crippen LogP contribution >= 0.6 is 0 Å². The maximum Gasteiger partial charge on any atom is 0.173 e. The molecule has 1 aromatic heterocycles. The quantitative estimate of drug-likeness (QED) is 0.573. The monoisotopic (exact) mass is 167 g/mol. The fourth-order valence-electron chi connectivity index (χ4n) is 0.874. The number of nitriles is 1. The van der Waals surface area contributed by atoms with E-state index in [1.165, 1.54) is 12.3 Å². The minimum Gasteiger partial charge on any atom is -0.381 e. The summed E-state index contributed by atoms with van der Waals surface area (Å²) in [5, 5.41) is 26.6. The molecule has 0 aliphatic heterocycles. The molecule has 0 aliphatic rings. The predicted octanol–water partition coefficient (Wildman–Crippen LogP) is -0.662. The lowest BCUT2D eigenvalue weighted by Crippen LogP contribution is -2.19. The Labute approximate surface area is 69.5 Å². The zero-order chi connectivity index (χ0) is 9.14. The number of aromatic nitrogens is 2. The van der Waals surface area contributed by atoms with E-state index in [9.17, 15) is 5.11 Å². The highest BCUT2D eigenvalue weighted by molar-refractivity contribution is 5.03. The van der Waals surface area contributed by atoms with Crippen LogP contribution in [0.15, 0.2) is 12.4 Å². The first-order valence-corrected chi connectivity index (χ1v) is 3.39. The predicted molar refractivity (Wildman–Crippen MR) is 39.8 cm³/mol. The van der Waals surface area contributed by atoms with Crippen LogP contribution in [-0.4, -0.2) is 25.9 Å². The Morgan fingerprint density at radius 2 is 2.33 bits per heavy atom. The Balaban J connectivity index is 2.86. The molecule has 5 heteroatoms. The van der Waals surface area contributed by atoms with E-state index in [1.54, 1.807) is 17.8 Å². The maximum absolute atomic E-state index is 9.30. The minimum atomic E-state index is -1.42. The fourth-order valence-corrected chi connectivity index (χ4v) is 0.874. The number of hydrogen-bond acceptors (Lipinski definition) is 4. The Morgan fingerprint density at radius 3 is 2.75 bits per heavy atom. The summed E-state index contributed by atoms with van der Waals surface area (Å²) in [6.07, 6.45) is 0.451. The van der Waals surface area contributed by atoms with Crippen molar-refractivity contribution in [1.82, 2.24) is 9.55 Å². The van der Waals surface area contributed by atoms with Crippen molar-refractivity contribution in [3.05, 3.63) is 18.2 Å². The molecule has 2 N–H and O–H groups in total. The average Bonchev–Trinajstić information content (AvgIpc) is 2.48. The summed E-state index contributed by atoms with van der Waals surface area (Å²) in [7, 11) is 1.68. The van der Waals surface area contributed by atoms with Gasteiger partial charge in [0.1, 0.15) is 5.82 Å². The summed E-state index contributed by atoms with van der Waals surface area (Å²) in [4.78, 5) is 3.79. The second kappa shape index (κ2) is 3.34. The summed E-state index contributed by atoms with van der Waals surface area (Å²) in [5.74, 6) is 0.282. The third-order valence-corrected chi connectivity index (χ3v) is 1.55. The molecule has 64 valence electrons. The number of hydrogen-bond donors (Lipinski definition) is 2. The van der Waals surface area contributed by atoms with E-state index >= 15 is 0 Å².